The van der Waals surface area contributed by atoms with Crippen molar-refractivity contribution in [1.29, 1.82) is 0 Å². The normalized spacial score (nSPS) is 17.4. The summed E-state index contributed by atoms with van der Waals surface area (Å²) in [4.78, 5) is 0. The van der Waals surface area contributed by atoms with Crippen molar-refractivity contribution in [3.05, 3.63) is 40.5 Å². The fraction of sp³-hybridized carbons (Fsp3) is 0.579. The highest BCUT2D eigenvalue weighted by atomic mass is 14.8. The van der Waals surface area contributed by atoms with Crippen molar-refractivity contribution in [3.63, 3.8) is 0 Å². The molecule has 0 heterocycles. The largest absolute Gasteiger partial charge is 0.313 e. The molecule has 1 fully saturated rings. The third-order valence-corrected chi connectivity index (χ3v) is 4.47. The zero-order valence-electron chi connectivity index (χ0n) is 13.3. The molecule has 0 atom stereocenters. The van der Waals surface area contributed by atoms with Gasteiger partial charge in [0.1, 0.15) is 0 Å². The molecule has 0 bridgehead atoms. The van der Waals surface area contributed by atoms with Gasteiger partial charge in [-0.15, -0.1) is 0 Å². The van der Waals surface area contributed by atoms with Gasteiger partial charge in [-0.25, -0.2) is 0 Å². The maximum absolute atomic E-state index is 3.53. The quantitative estimate of drug-likeness (QED) is 0.805. The number of benzene rings is 1. The van der Waals surface area contributed by atoms with Crippen LogP contribution in [0.3, 0.4) is 0 Å². The second-order valence-corrected chi connectivity index (χ2v) is 6.19. The van der Waals surface area contributed by atoms with E-state index in [4.69, 9.17) is 0 Å². The van der Waals surface area contributed by atoms with Crippen LogP contribution in [0.4, 0.5) is 0 Å². The molecular formula is C19H29N. The van der Waals surface area contributed by atoms with Crippen LogP contribution < -0.4 is 5.32 Å². The van der Waals surface area contributed by atoms with E-state index < -0.39 is 0 Å². The summed E-state index contributed by atoms with van der Waals surface area (Å²) in [5.41, 5.74) is 5.76. The Morgan fingerprint density at radius 2 is 1.95 bits per heavy atom. The van der Waals surface area contributed by atoms with E-state index in [-0.39, 0.29) is 0 Å². The van der Waals surface area contributed by atoms with Gasteiger partial charge in [-0.2, -0.15) is 0 Å². The van der Waals surface area contributed by atoms with Gasteiger partial charge < -0.3 is 5.32 Å². The summed E-state index contributed by atoms with van der Waals surface area (Å²) in [6.07, 6.45) is 9.44. The molecule has 0 aromatic heterocycles. The third-order valence-electron chi connectivity index (χ3n) is 4.47. The molecule has 1 aromatic carbocycles. The molecule has 0 radical (unpaired) electrons. The zero-order valence-corrected chi connectivity index (χ0v) is 13.3. The van der Waals surface area contributed by atoms with Crippen molar-refractivity contribution in [2.75, 3.05) is 13.1 Å². The molecule has 20 heavy (non-hydrogen) atoms. The first kappa shape index (κ1) is 15.3. The van der Waals surface area contributed by atoms with E-state index in [1.54, 1.807) is 5.57 Å². The predicted molar refractivity (Wildman–Crippen MR) is 89.0 cm³/mol. The average molecular weight is 271 g/mol. The van der Waals surface area contributed by atoms with Gasteiger partial charge in [-0.3, -0.25) is 0 Å². The second kappa shape index (κ2) is 7.64. The second-order valence-electron chi connectivity index (χ2n) is 6.19. The van der Waals surface area contributed by atoms with Crippen LogP contribution in [0.25, 0.3) is 6.08 Å². The highest BCUT2D eigenvalue weighted by Gasteiger charge is 2.17. The van der Waals surface area contributed by atoms with E-state index in [2.05, 4.69) is 50.4 Å². The first-order valence-electron chi connectivity index (χ1n) is 8.19. The molecule has 2 rings (SSSR count). The van der Waals surface area contributed by atoms with Crippen LogP contribution in [-0.2, 0) is 0 Å². The fourth-order valence-corrected chi connectivity index (χ4v) is 3.24. The Kier molecular flexibility index (Phi) is 5.85. The van der Waals surface area contributed by atoms with E-state index in [1.807, 2.05) is 0 Å². The minimum Gasteiger partial charge on any atom is -0.313 e. The smallest absolute Gasteiger partial charge is 0.0170 e. The van der Waals surface area contributed by atoms with Crippen molar-refractivity contribution >= 4 is 6.08 Å². The Balaban J connectivity index is 2.21. The average Bonchev–Trinajstić information content (AvgIpc) is 2.46. The van der Waals surface area contributed by atoms with Crippen molar-refractivity contribution in [2.24, 2.45) is 5.92 Å². The lowest BCUT2D eigenvalue weighted by atomic mass is 9.82. The van der Waals surface area contributed by atoms with E-state index in [0.29, 0.717) is 0 Å². The Morgan fingerprint density at radius 1 is 1.20 bits per heavy atom. The van der Waals surface area contributed by atoms with Crippen molar-refractivity contribution in [2.45, 2.75) is 52.9 Å². The van der Waals surface area contributed by atoms with Crippen LogP contribution in [0.5, 0.6) is 0 Å². The van der Waals surface area contributed by atoms with Gasteiger partial charge in [-0.05, 0) is 50.3 Å². The molecule has 0 amide bonds. The molecule has 1 heteroatoms. The lowest BCUT2D eigenvalue weighted by Crippen LogP contribution is -2.22. The summed E-state index contributed by atoms with van der Waals surface area (Å²) in [5, 5.41) is 3.53. The Labute approximate surface area is 124 Å². The Bertz CT molecular complexity index is 453. The highest BCUT2D eigenvalue weighted by molar-refractivity contribution is 5.58. The van der Waals surface area contributed by atoms with Crippen LogP contribution in [0.2, 0.25) is 0 Å². The van der Waals surface area contributed by atoms with Gasteiger partial charge in [0.15, 0.2) is 0 Å². The molecule has 1 aliphatic rings. The van der Waals surface area contributed by atoms with Crippen LogP contribution in [0, 0.1) is 19.8 Å². The maximum atomic E-state index is 3.53. The van der Waals surface area contributed by atoms with Gasteiger partial charge in [0.05, 0.1) is 0 Å². The number of nitrogens with one attached hydrogen (secondary N) is 1. The third kappa shape index (κ3) is 4.21. The Morgan fingerprint density at radius 3 is 2.60 bits per heavy atom. The van der Waals surface area contributed by atoms with Crippen LogP contribution in [-0.4, -0.2) is 13.1 Å². The molecule has 0 spiro atoms. The van der Waals surface area contributed by atoms with Gasteiger partial charge >= 0.3 is 0 Å². The minimum absolute atomic E-state index is 0.795. The van der Waals surface area contributed by atoms with E-state index in [1.165, 1.54) is 48.8 Å². The van der Waals surface area contributed by atoms with Crippen LogP contribution in [0.1, 0.15) is 55.7 Å². The molecule has 1 saturated carbocycles. The standard InChI is InChI=1S/C19H29N/c1-4-20-14-19(17-8-6-5-7-9-17)13-18-11-10-15(2)12-16(18)3/h10-13,17,20H,4-9,14H2,1-3H3/b19-13-. The molecule has 1 aliphatic carbocycles. The first-order chi connectivity index (χ1) is 9.70. The molecule has 0 saturated heterocycles. The highest BCUT2D eigenvalue weighted by Crippen LogP contribution is 2.31. The molecular weight excluding hydrogens is 242 g/mol. The monoisotopic (exact) mass is 271 g/mol. The minimum atomic E-state index is 0.795. The fourth-order valence-electron chi connectivity index (χ4n) is 3.24. The summed E-state index contributed by atoms with van der Waals surface area (Å²) in [7, 11) is 0. The van der Waals surface area contributed by atoms with E-state index >= 15 is 0 Å². The van der Waals surface area contributed by atoms with Crippen LogP contribution in [0.15, 0.2) is 23.8 Å². The van der Waals surface area contributed by atoms with Crippen molar-refractivity contribution in [3.8, 4) is 0 Å². The summed E-state index contributed by atoms with van der Waals surface area (Å²) in [5.74, 6) is 0.795. The first-order valence-corrected chi connectivity index (χ1v) is 8.19. The summed E-state index contributed by atoms with van der Waals surface area (Å²) in [6, 6.07) is 6.79. The molecule has 1 nitrogen and oxygen atoms in total. The van der Waals surface area contributed by atoms with E-state index in [0.717, 1.165) is 19.0 Å². The maximum Gasteiger partial charge on any atom is 0.0170 e. The SMILES string of the molecule is CCNC/C(=C/c1ccc(C)cc1C)C1CCCCC1. The van der Waals surface area contributed by atoms with E-state index in [9.17, 15) is 0 Å². The van der Waals surface area contributed by atoms with Gasteiger partial charge in [0.25, 0.3) is 0 Å². The number of rotatable bonds is 5. The van der Waals surface area contributed by atoms with Crippen molar-refractivity contribution in [1.82, 2.24) is 5.32 Å². The molecule has 1 N–H and O–H groups in total. The number of likely N-dealkylation sites (N-methyl/N-ethyl adjacent to an activating group) is 1. The van der Waals surface area contributed by atoms with Gasteiger partial charge in [0, 0.05) is 6.54 Å². The summed E-state index contributed by atoms with van der Waals surface area (Å²) >= 11 is 0. The number of aryl methyl sites for hydroxylation is 2. The zero-order chi connectivity index (χ0) is 14.4. The summed E-state index contributed by atoms with van der Waals surface area (Å²) < 4.78 is 0. The summed E-state index contributed by atoms with van der Waals surface area (Å²) in [6.45, 7) is 8.69. The topological polar surface area (TPSA) is 12.0 Å². The predicted octanol–water partition coefficient (Wildman–Crippen LogP) is 4.88. The molecule has 110 valence electrons. The lowest BCUT2D eigenvalue weighted by molar-refractivity contribution is 0.397. The molecule has 0 unspecified atom stereocenters. The lowest BCUT2D eigenvalue weighted by Gasteiger charge is -2.25. The molecule has 1 aromatic rings. The van der Waals surface area contributed by atoms with Gasteiger partial charge in [-0.1, -0.05) is 61.6 Å². The Hall–Kier alpha value is -1.08. The number of hydrogen-bond acceptors (Lipinski definition) is 1. The van der Waals surface area contributed by atoms with Gasteiger partial charge in [0.2, 0.25) is 0 Å². The number of hydrogen-bond donors (Lipinski definition) is 1. The van der Waals surface area contributed by atoms with Crippen LogP contribution >= 0.6 is 0 Å². The van der Waals surface area contributed by atoms with Crippen molar-refractivity contribution < 1.29 is 0 Å². The molecule has 0 aliphatic heterocycles.